The number of rotatable bonds is 5. The van der Waals surface area contributed by atoms with Crippen molar-refractivity contribution in [1.82, 2.24) is 15.2 Å². The van der Waals surface area contributed by atoms with E-state index in [1.54, 1.807) is 29.8 Å². The summed E-state index contributed by atoms with van der Waals surface area (Å²) in [4.78, 5) is 5.62. The standard InChI is InChI=1S/C10H14N4OS2/c1-6-8(9-13-14-10(11-2)17-9)16-7(12-6)4-5-15-3/h4-5H2,1-3H3,(H,11,14). The summed E-state index contributed by atoms with van der Waals surface area (Å²) < 4.78 is 5.05. The molecular formula is C10H14N4OS2. The molecule has 17 heavy (non-hydrogen) atoms. The second-order valence-corrected chi connectivity index (χ2v) is 5.49. The van der Waals surface area contributed by atoms with Crippen molar-refractivity contribution in [3.05, 3.63) is 10.7 Å². The van der Waals surface area contributed by atoms with E-state index in [4.69, 9.17) is 4.74 Å². The average molecular weight is 270 g/mol. The fourth-order valence-corrected chi connectivity index (χ4v) is 3.23. The van der Waals surface area contributed by atoms with Crippen molar-refractivity contribution < 1.29 is 4.74 Å². The molecule has 0 fully saturated rings. The Hall–Kier alpha value is -1.05. The number of anilines is 1. The van der Waals surface area contributed by atoms with Crippen molar-refractivity contribution in [3.8, 4) is 9.88 Å². The normalized spacial score (nSPS) is 10.8. The van der Waals surface area contributed by atoms with E-state index in [1.165, 1.54) is 0 Å². The molecule has 0 atom stereocenters. The van der Waals surface area contributed by atoms with Crippen LogP contribution in [-0.4, -0.2) is 35.9 Å². The van der Waals surface area contributed by atoms with Gasteiger partial charge in [-0.1, -0.05) is 11.3 Å². The summed E-state index contributed by atoms with van der Waals surface area (Å²) in [6, 6.07) is 0. The third-order valence-electron chi connectivity index (χ3n) is 2.19. The topological polar surface area (TPSA) is 59.9 Å². The molecule has 0 aliphatic rings. The van der Waals surface area contributed by atoms with Crippen molar-refractivity contribution in [2.45, 2.75) is 13.3 Å². The molecule has 0 aliphatic heterocycles. The molecule has 0 bridgehead atoms. The van der Waals surface area contributed by atoms with Crippen molar-refractivity contribution in [1.29, 1.82) is 0 Å². The van der Waals surface area contributed by atoms with E-state index in [1.807, 2.05) is 14.0 Å². The molecule has 0 aromatic carbocycles. The van der Waals surface area contributed by atoms with Crippen molar-refractivity contribution in [2.24, 2.45) is 0 Å². The maximum absolute atomic E-state index is 5.05. The van der Waals surface area contributed by atoms with Gasteiger partial charge in [0.1, 0.15) is 0 Å². The van der Waals surface area contributed by atoms with Gasteiger partial charge in [-0.3, -0.25) is 0 Å². The summed E-state index contributed by atoms with van der Waals surface area (Å²) in [5.41, 5.74) is 1.01. The first-order valence-electron chi connectivity index (χ1n) is 5.21. The van der Waals surface area contributed by atoms with Gasteiger partial charge in [0.2, 0.25) is 5.13 Å². The number of hydrogen-bond donors (Lipinski definition) is 1. The molecule has 0 radical (unpaired) electrons. The van der Waals surface area contributed by atoms with E-state index in [9.17, 15) is 0 Å². The first-order valence-corrected chi connectivity index (χ1v) is 6.84. The number of nitrogens with one attached hydrogen (secondary N) is 1. The van der Waals surface area contributed by atoms with Crippen LogP contribution in [0.3, 0.4) is 0 Å². The van der Waals surface area contributed by atoms with E-state index < -0.39 is 0 Å². The lowest BCUT2D eigenvalue weighted by molar-refractivity contribution is 0.202. The maximum atomic E-state index is 5.05. The second kappa shape index (κ2) is 5.52. The highest BCUT2D eigenvalue weighted by atomic mass is 32.1. The van der Waals surface area contributed by atoms with Gasteiger partial charge in [0.25, 0.3) is 0 Å². The minimum absolute atomic E-state index is 0.699. The third kappa shape index (κ3) is 2.80. The van der Waals surface area contributed by atoms with Gasteiger partial charge in [-0.15, -0.1) is 21.5 Å². The summed E-state index contributed by atoms with van der Waals surface area (Å²) >= 11 is 3.21. The fraction of sp³-hybridized carbons (Fsp3) is 0.500. The van der Waals surface area contributed by atoms with E-state index in [0.29, 0.717) is 6.61 Å². The van der Waals surface area contributed by atoms with Crippen LogP contribution in [0, 0.1) is 6.92 Å². The van der Waals surface area contributed by atoms with Crippen LogP contribution < -0.4 is 5.32 Å². The fourth-order valence-electron chi connectivity index (χ4n) is 1.36. The van der Waals surface area contributed by atoms with Crippen LogP contribution in [0.4, 0.5) is 5.13 Å². The third-order valence-corrected chi connectivity index (χ3v) is 4.51. The smallest absolute Gasteiger partial charge is 0.205 e. The number of aromatic nitrogens is 3. The van der Waals surface area contributed by atoms with E-state index in [0.717, 1.165) is 32.1 Å². The molecule has 0 unspecified atom stereocenters. The van der Waals surface area contributed by atoms with E-state index in [-0.39, 0.29) is 0 Å². The van der Waals surface area contributed by atoms with Crippen LogP contribution in [0.25, 0.3) is 9.88 Å². The summed E-state index contributed by atoms with van der Waals surface area (Å²) in [5.74, 6) is 0. The average Bonchev–Trinajstić information content (AvgIpc) is 2.92. The molecule has 0 saturated heterocycles. The molecule has 1 N–H and O–H groups in total. The molecule has 2 rings (SSSR count). The van der Waals surface area contributed by atoms with Crippen molar-refractivity contribution >= 4 is 27.8 Å². The highest BCUT2D eigenvalue weighted by molar-refractivity contribution is 7.23. The van der Waals surface area contributed by atoms with E-state index in [2.05, 4.69) is 20.5 Å². The van der Waals surface area contributed by atoms with Gasteiger partial charge in [0, 0.05) is 20.6 Å². The first-order chi connectivity index (χ1) is 8.24. The predicted molar refractivity (Wildman–Crippen MR) is 70.9 cm³/mol. The Morgan fingerprint density at radius 2 is 2.12 bits per heavy atom. The molecule has 0 saturated carbocycles. The zero-order valence-corrected chi connectivity index (χ0v) is 11.6. The van der Waals surface area contributed by atoms with Crippen LogP contribution in [-0.2, 0) is 11.2 Å². The maximum Gasteiger partial charge on any atom is 0.205 e. The summed E-state index contributed by atoms with van der Waals surface area (Å²) in [6.07, 6.45) is 0.847. The van der Waals surface area contributed by atoms with Gasteiger partial charge in [-0.25, -0.2) is 4.98 Å². The Balaban J connectivity index is 2.22. The Morgan fingerprint density at radius 1 is 1.29 bits per heavy atom. The van der Waals surface area contributed by atoms with Crippen LogP contribution in [0.2, 0.25) is 0 Å². The van der Waals surface area contributed by atoms with Crippen LogP contribution >= 0.6 is 22.7 Å². The van der Waals surface area contributed by atoms with Gasteiger partial charge in [-0.2, -0.15) is 0 Å². The predicted octanol–water partition coefficient (Wildman–Crippen LogP) is 2.20. The summed E-state index contributed by atoms with van der Waals surface area (Å²) in [7, 11) is 3.54. The lowest BCUT2D eigenvalue weighted by atomic mass is 10.4. The number of nitrogens with zero attached hydrogens (tertiary/aromatic N) is 3. The van der Waals surface area contributed by atoms with Gasteiger partial charge in [0.15, 0.2) is 5.01 Å². The molecular weight excluding hydrogens is 256 g/mol. The number of ether oxygens (including phenoxy) is 1. The highest BCUT2D eigenvalue weighted by Gasteiger charge is 2.13. The van der Waals surface area contributed by atoms with Crippen LogP contribution in [0.1, 0.15) is 10.7 Å². The molecule has 2 aromatic rings. The minimum Gasteiger partial charge on any atom is -0.384 e. The SMILES string of the molecule is CNc1nnc(-c2sc(CCOC)nc2C)s1. The highest BCUT2D eigenvalue weighted by Crippen LogP contribution is 2.33. The number of hydrogen-bond acceptors (Lipinski definition) is 7. The Labute approximate surface area is 108 Å². The number of thiazole rings is 1. The lowest BCUT2D eigenvalue weighted by Crippen LogP contribution is -1.93. The van der Waals surface area contributed by atoms with Crippen molar-refractivity contribution in [3.63, 3.8) is 0 Å². The van der Waals surface area contributed by atoms with Crippen molar-refractivity contribution in [2.75, 3.05) is 26.1 Å². The Morgan fingerprint density at radius 3 is 2.76 bits per heavy atom. The molecule has 7 heteroatoms. The zero-order valence-electron chi connectivity index (χ0n) is 9.98. The quantitative estimate of drug-likeness (QED) is 0.902. The minimum atomic E-state index is 0.699. The summed E-state index contributed by atoms with van der Waals surface area (Å²) in [5, 5.41) is 14.0. The van der Waals surface area contributed by atoms with Gasteiger partial charge in [-0.05, 0) is 6.92 Å². The molecule has 2 aromatic heterocycles. The van der Waals surface area contributed by atoms with Gasteiger partial charge >= 0.3 is 0 Å². The van der Waals surface area contributed by atoms with Gasteiger partial charge < -0.3 is 10.1 Å². The molecule has 0 amide bonds. The number of methoxy groups -OCH3 is 1. The second-order valence-electron chi connectivity index (χ2n) is 3.43. The molecule has 0 aliphatic carbocycles. The molecule has 92 valence electrons. The van der Waals surface area contributed by atoms with Gasteiger partial charge in [0.05, 0.1) is 22.2 Å². The van der Waals surface area contributed by atoms with Crippen LogP contribution in [0.5, 0.6) is 0 Å². The molecule has 0 spiro atoms. The monoisotopic (exact) mass is 270 g/mol. The lowest BCUT2D eigenvalue weighted by Gasteiger charge is -1.92. The molecule has 5 nitrogen and oxygen atoms in total. The Kier molecular flexibility index (Phi) is 4.03. The Bertz CT molecular complexity index is 494. The first kappa shape index (κ1) is 12.4. The molecule has 2 heterocycles. The zero-order chi connectivity index (χ0) is 12.3. The number of aryl methyl sites for hydroxylation is 1. The van der Waals surface area contributed by atoms with Crippen LogP contribution in [0.15, 0.2) is 0 Å². The summed E-state index contributed by atoms with van der Waals surface area (Å²) in [6.45, 7) is 2.70. The van der Waals surface area contributed by atoms with E-state index >= 15 is 0 Å². The largest absolute Gasteiger partial charge is 0.384 e.